The molecule has 126 heavy (non-hydrogen) atoms. The Labute approximate surface area is 760 Å². The van der Waals surface area contributed by atoms with Crippen molar-refractivity contribution in [2.75, 3.05) is 72.7 Å². The number of halogens is 3. The number of para-hydroxylation sites is 3. The molecule has 6 aromatic carbocycles. The van der Waals surface area contributed by atoms with Gasteiger partial charge in [-0.15, -0.1) is 0 Å². The van der Waals surface area contributed by atoms with Crippen LogP contribution in [0, 0.1) is 20.8 Å². The van der Waals surface area contributed by atoms with Crippen LogP contribution >= 0.6 is 34.8 Å². The van der Waals surface area contributed by atoms with Gasteiger partial charge in [0, 0.05) is 31.2 Å². The molecule has 26 nitrogen and oxygen atoms in total. The van der Waals surface area contributed by atoms with E-state index in [4.69, 9.17) is 49.0 Å². The van der Waals surface area contributed by atoms with E-state index in [1.54, 1.807) is 114 Å². The third-order valence-electron chi connectivity index (χ3n) is 23.5. The number of aromatic nitrogens is 6. The molecule has 9 aromatic rings. The summed E-state index contributed by atoms with van der Waals surface area (Å²) >= 11 is 19.4. The van der Waals surface area contributed by atoms with Crippen molar-refractivity contribution >= 4 is 140 Å². The van der Waals surface area contributed by atoms with Gasteiger partial charge in [0.15, 0.2) is 47.0 Å². The van der Waals surface area contributed by atoms with Crippen molar-refractivity contribution < 1.29 is 44.3 Å². The lowest BCUT2D eigenvalue weighted by molar-refractivity contribution is -0.125. The number of benzene rings is 6. The number of hydrogen-bond donors (Lipinski definition) is 8. The summed E-state index contributed by atoms with van der Waals surface area (Å²) < 4.78 is 96.5. The number of anilines is 12. The number of nitrogens with zero attached hydrogens (tertiary/aromatic N) is 8. The average Bonchev–Trinajstić information content (AvgIpc) is 0.804. The molecule has 0 radical (unpaired) electrons. The van der Waals surface area contributed by atoms with E-state index in [1.807, 2.05) is 48.6 Å². The SMILES string of the molecule is CNC1CCC(c2cc(OC(C)C)c(Nc3ncc(Cl)c(Nc4ccccc4S(=O)(=O)C(C)C)n3)cc2C)CC1.Cc1cc(Nc2ncc(Cl)c(Nc3ccccc3S(=O)(=O)C(C)C)n2)c(OC(C)C)cc1C1CCC(N(C)C)CC1.Cc1cc(Nc2ncc(Cl)c(Nc3ccccc3S(=O)(=O)C(C)C)n2)c(OC(C)C)cc1C1CCC(N2CCNC(=O)C2)CC1. The number of hydrogen-bond acceptors (Lipinski definition) is 25. The van der Waals surface area contributed by atoms with E-state index in [0.717, 1.165) is 111 Å². The van der Waals surface area contributed by atoms with Gasteiger partial charge in [0.05, 0.1) is 108 Å². The Morgan fingerprint density at radius 3 is 1.03 bits per heavy atom. The van der Waals surface area contributed by atoms with E-state index >= 15 is 0 Å². The fourth-order valence-corrected chi connectivity index (χ4v) is 20.6. The number of aryl methyl sites for hydroxylation is 3. The maximum Gasteiger partial charge on any atom is 0.234 e. The minimum atomic E-state index is -3.55. The molecule has 32 heteroatoms. The molecule has 4 heterocycles. The van der Waals surface area contributed by atoms with Crippen molar-refractivity contribution in [3.63, 3.8) is 0 Å². The van der Waals surface area contributed by atoms with Gasteiger partial charge in [-0.2, -0.15) is 15.0 Å². The lowest BCUT2D eigenvalue weighted by Crippen LogP contribution is -2.52. The maximum absolute atomic E-state index is 13.0. The Morgan fingerprint density at radius 1 is 0.429 bits per heavy atom. The first-order valence-corrected chi connectivity index (χ1v) is 49.5. The fourth-order valence-electron chi connectivity index (χ4n) is 16.6. The van der Waals surface area contributed by atoms with Gasteiger partial charge in [0.2, 0.25) is 23.8 Å². The van der Waals surface area contributed by atoms with Gasteiger partial charge in [0.1, 0.15) is 32.3 Å². The van der Waals surface area contributed by atoms with Crippen LogP contribution in [0.15, 0.2) is 142 Å². The molecule has 4 fully saturated rings. The zero-order chi connectivity index (χ0) is 91.2. The monoisotopic (exact) mass is 1840 g/mol. The number of rotatable bonds is 30. The predicted octanol–water partition coefficient (Wildman–Crippen LogP) is 21.0. The van der Waals surface area contributed by atoms with Gasteiger partial charge in [-0.25, -0.2) is 40.2 Å². The van der Waals surface area contributed by atoms with Crippen LogP contribution in [0.2, 0.25) is 15.1 Å². The van der Waals surface area contributed by atoms with Crippen LogP contribution in [0.3, 0.4) is 0 Å². The largest absolute Gasteiger partial charge is 0.489 e. The number of ether oxygens (including phenoxy) is 3. The van der Waals surface area contributed by atoms with Gasteiger partial charge in [-0.05, 0) is 326 Å². The minimum Gasteiger partial charge on any atom is -0.489 e. The smallest absolute Gasteiger partial charge is 0.234 e. The lowest BCUT2D eigenvalue weighted by atomic mass is 9.79. The van der Waals surface area contributed by atoms with Gasteiger partial charge in [-0.1, -0.05) is 71.2 Å². The molecule has 1 aliphatic heterocycles. The molecule has 680 valence electrons. The van der Waals surface area contributed by atoms with Crippen molar-refractivity contribution in [1.82, 2.24) is 50.3 Å². The highest BCUT2D eigenvalue weighted by Crippen LogP contribution is 2.46. The summed E-state index contributed by atoms with van der Waals surface area (Å²) in [6.07, 6.45) is 17.9. The van der Waals surface area contributed by atoms with Crippen LogP contribution in [-0.4, -0.2) is 164 Å². The first kappa shape index (κ1) is 97.4. The first-order valence-electron chi connectivity index (χ1n) is 43.7. The normalized spacial score (nSPS) is 18.3. The lowest BCUT2D eigenvalue weighted by Gasteiger charge is -2.39. The summed E-state index contributed by atoms with van der Waals surface area (Å²) in [5.74, 6) is 5.52. The molecule has 1 saturated heterocycles. The average molecular weight is 1840 g/mol. The molecule has 4 aliphatic rings. The molecule has 0 unspecified atom stereocenters. The molecule has 0 atom stereocenters. The standard InChI is InChI=1S/C33H43ClN6O4S.C31H42ClN5O3S.C30H40ClN5O3S/c1-20(2)44-29-17-25(23-10-12-24(13-11-23)40-15-14-35-31(41)19-40)22(5)16-28(29)38-33-36-18-26(34)32(39-33)37-27-8-6-7-9-30(27)45(42,43)21(3)4;1-19(2)40-28-17-24(22-12-14-23(15-13-22)37(6)7)21(5)16-27(28)35-31-33-18-25(32)30(36-31)34-26-10-8-9-11-29(26)41(38,39)20(3)4;1-18(2)39-27-16-23(21-11-13-22(32-6)14-12-21)20(5)15-26(27)35-30-33-17-24(31)29(36-30)34-25-9-7-8-10-28(25)40(37,38)19(3)4/h6-9,16-18,20-21,23-24H,10-15,19H2,1-5H3,(H,35,41)(H2,36,37,38,39);8-11,16-20,22-23H,12-15H2,1-7H3,(H2,33,34,35,36);7-10,15-19,21-22,32H,11-14H2,1-6H3,(H2,33,34,35,36). The zero-order valence-corrected chi connectivity index (χ0v) is 80.4. The van der Waals surface area contributed by atoms with Gasteiger partial charge in [0.25, 0.3) is 0 Å². The van der Waals surface area contributed by atoms with Crippen molar-refractivity contribution in [2.24, 2.45) is 0 Å². The topological polar surface area (TPSA) is 327 Å². The molecule has 8 N–H and O–H groups in total. The Balaban J connectivity index is 0.000000184. The zero-order valence-electron chi connectivity index (χ0n) is 75.7. The molecule has 0 bridgehead atoms. The van der Waals surface area contributed by atoms with Crippen molar-refractivity contribution in [2.45, 2.75) is 266 Å². The summed E-state index contributed by atoms with van der Waals surface area (Å²) in [6.45, 7) is 30.5. The van der Waals surface area contributed by atoms with Crippen LogP contribution in [0.1, 0.15) is 211 Å². The van der Waals surface area contributed by atoms with Crippen molar-refractivity contribution in [3.05, 3.63) is 176 Å². The number of nitrogens with one attached hydrogen (secondary N) is 8. The summed E-state index contributed by atoms with van der Waals surface area (Å²) in [5, 5.41) is 24.7. The van der Waals surface area contributed by atoms with Gasteiger partial charge >= 0.3 is 0 Å². The molecular formula is C94H125Cl3N16O10S3. The number of amides is 1. The highest BCUT2D eigenvalue weighted by Gasteiger charge is 2.34. The summed E-state index contributed by atoms with van der Waals surface area (Å²) in [7, 11) is -4.23. The maximum atomic E-state index is 13.0. The van der Waals surface area contributed by atoms with E-state index < -0.39 is 45.3 Å². The second-order valence-electron chi connectivity index (χ2n) is 34.9. The number of carbonyl (C=O) groups excluding carboxylic acids is 1. The third-order valence-corrected chi connectivity index (χ3v) is 31.0. The van der Waals surface area contributed by atoms with Crippen LogP contribution in [0.25, 0.3) is 0 Å². The quantitative estimate of drug-likeness (QED) is 0.0207. The minimum absolute atomic E-state index is 0.0149. The molecule has 3 aromatic heterocycles. The van der Waals surface area contributed by atoms with Crippen LogP contribution < -0.4 is 56.7 Å². The number of piperazine rings is 1. The van der Waals surface area contributed by atoms with E-state index in [2.05, 4.69) is 154 Å². The predicted molar refractivity (Wildman–Crippen MR) is 510 cm³/mol. The third kappa shape index (κ3) is 24.8. The molecular weight excluding hydrogens is 1720 g/mol. The highest BCUT2D eigenvalue weighted by molar-refractivity contribution is 7.92. The summed E-state index contributed by atoms with van der Waals surface area (Å²) in [5.41, 5.74) is 10.9. The van der Waals surface area contributed by atoms with Gasteiger partial charge in [-0.3, -0.25) is 9.69 Å². The first-order chi connectivity index (χ1) is 59.8. The van der Waals surface area contributed by atoms with E-state index in [9.17, 15) is 30.0 Å². The van der Waals surface area contributed by atoms with Crippen molar-refractivity contribution in [1.29, 1.82) is 0 Å². The van der Waals surface area contributed by atoms with E-state index in [-0.39, 0.29) is 65.7 Å². The summed E-state index contributed by atoms with van der Waals surface area (Å²) in [6, 6.07) is 34.6. The fraction of sp³-hybridized carbons (Fsp3) is 0.479. The van der Waals surface area contributed by atoms with E-state index in [0.29, 0.717) is 88.8 Å². The molecule has 1 amide bonds. The highest BCUT2D eigenvalue weighted by atomic mass is 35.5. The molecule has 0 spiro atoms. The number of sulfone groups is 3. The molecule has 3 saturated carbocycles. The summed E-state index contributed by atoms with van der Waals surface area (Å²) in [4.78, 5) is 44.1. The Kier molecular flexibility index (Phi) is 33.5. The van der Waals surface area contributed by atoms with Crippen LogP contribution in [0.5, 0.6) is 17.2 Å². The Morgan fingerprint density at radius 2 is 0.738 bits per heavy atom. The van der Waals surface area contributed by atoms with Crippen LogP contribution in [-0.2, 0) is 34.3 Å². The van der Waals surface area contributed by atoms with Crippen LogP contribution in [0.4, 0.5) is 69.4 Å². The molecule has 13 rings (SSSR count). The second-order valence-corrected chi connectivity index (χ2v) is 43.6. The van der Waals surface area contributed by atoms with Gasteiger partial charge < -0.3 is 61.6 Å². The molecule has 3 aliphatic carbocycles. The second kappa shape index (κ2) is 43.3. The number of carbonyl (C=O) groups is 1. The van der Waals surface area contributed by atoms with E-state index in [1.165, 1.54) is 59.2 Å². The Bertz CT molecular complexity index is 5630. The Hall–Kier alpha value is -9.17. The van der Waals surface area contributed by atoms with Crippen molar-refractivity contribution in [3.8, 4) is 17.2 Å².